The molecule has 0 bridgehead atoms. The van der Waals surface area contributed by atoms with Crippen LogP contribution in [0.1, 0.15) is 18.4 Å². The summed E-state index contributed by atoms with van der Waals surface area (Å²) in [6.07, 6.45) is 1.05. The van der Waals surface area contributed by atoms with Crippen LogP contribution < -0.4 is 15.2 Å². The quantitative estimate of drug-likeness (QED) is 0.204. The number of nitrogen functional groups attached to an aromatic ring is 1. The fourth-order valence-corrected chi connectivity index (χ4v) is 3.28. The maximum Gasteiger partial charge on any atom is 0.222 e. The molecule has 0 aliphatic carbocycles. The standard InChI is InChI=1S/C11H12BrClO2.C7H8BrNO.C3H4Cl2O/c1-15-11-7-9(12)3-2-8(11)6-10(14)4-5-13;1-10-7-4-5(8)2-3-6(7)9;4-2-1-3(5)6/h2-3,7H,4-6H2,1H3;2-4H,9H2,1H3;1-2H2. The van der Waals surface area contributed by atoms with Crippen LogP contribution in [-0.2, 0) is 16.0 Å². The van der Waals surface area contributed by atoms with Gasteiger partial charge in [0.15, 0.2) is 0 Å². The zero-order chi connectivity index (χ0) is 23.8. The van der Waals surface area contributed by atoms with Crippen molar-refractivity contribution in [2.45, 2.75) is 19.3 Å². The van der Waals surface area contributed by atoms with Gasteiger partial charge in [-0.2, -0.15) is 0 Å². The number of alkyl halides is 2. The minimum absolute atomic E-state index is 0.130. The highest BCUT2D eigenvalue weighted by molar-refractivity contribution is 9.10. The molecule has 5 nitrogen and oxygen atoms in total. The van der Waals surface area contributed by atoms with E-state index in [4.69, 9.17) is 50.0 Å². The molecule has 0 amide bonds. The molecule has 2 rings (SSSR count). The van der Waals surface area contributed by atoms with E-state index in [1.54, 1.807) is 20.3 Å². The van der Waals surface area contributed by atoms with Crippen LogP contribution in [0.2, 0.25) is 0 Å². The predicted octanol–water partition coefficient (Wildman–Crippen LogP) is 6.62. The van der Waals surface area contributed by atoms with Crippen LogP contribution in [0.3, 0.4) is 0 Å². The minimum atomic E-state index is -0.370. The average molecular weight is 621 g/mol. The maximum atomic E-state index is 11.4. The summed E-state index contributed by atoms with van der Waals surface area (Å²) in [5, 5.41) is -0.370. The number of rotatable bonds is 8. The average Bonchev–Trinajstić information content (AvgIpc) is 2.72. The van der Waals surface area contributed by atoms with Crippen LogP contribution in [0.25, 0.3) is 0 Å². The molecule has 0 atom stereocenters. The molecule has 10 heteroatoms. The topological polar surface area (TPSA) is 78.6 Å². The van der Waals surface area contributed by atoms with Gasteiger partial charge in [-0.25, -0.2) is 0 Å². The van der Waals surface area contributed by atoms with Gasteiger partial charge < -0.3 is 15.2 Å². The Morgan fingerprint density at radius 3 is 1.84 bits per heavy atom. The van der Waals surface area contributed by atoms with Gasteiger partial charge in [-0.05, 0) is 41.9 Å². The zero-order valence-electron chi connectivity index (χ0n) is 17.1. The van der Waals surface area contributed by atoms with Gasteiger partial charge in [-0.1, -0.05) is 37.9 Å². The Kier molecular flexibility index (Phi) is 17.0. The van der Waals surface area contributed by atoms with E-state index in [0.717, 1.165) is 20.3 Å². The molecule has 0 fully saturated rings. The van der Waals surface area contributed by atoms with Crippen molar-refractivity contribution < 1.29 is 19.1 Å². The van der Waals surface area contributed by atoms with Crippen LogP contribution >= 0.6 is 66.7 Å². The lowest BCUT2D eigenvalue weighted by Gasteiger charge is -2.07. The number of benzene rings is 2. The zero-order valence-corrected chi connectivity index (χ0v) is 22.5. The minimum Gasteiger partial charge on any atom is -0.496 e. The van der Waals surface area contributed by atoms with Gasteiger partial charge in [-0.3, -0.25) is 9.59 Å². The second-order valence-corrected chi connectivity index (χ2v) is 8.80. The fraction of sp³-hybridized carbons (Fsp3) is 0.333. The molecule has 0 heterocycles. The van der Waals surface area contributed by atoms with Crippen molar-refractivity contribution in [2.75, 3.05) is 31.7 Å². The second-order valence-electron chi connectivity index (χ2n) is 5.79. The number of anilines is 1. The third kappa shape index (κ3) is 13.9. The molecule has 31 heavy (non-hydrogen) atoms. The smallest absolute Gasteiger partial charge is 0.222 e. The number of Topliss-reactive ketones (excluding diaryl/α,β-unsaturated/α-hetero) is 1. The van der Waals surface area contributed by atoms with Crippen molar-refractivity contribution >= 4 is 83.4 Å². The molecule has 0 spiro atoms. The van der Waals surface area contributed by atoms with E-state index in [1.807, 2.05) is 30.3 Å². The number of halogens is 5. The Morgan fingerprint density at radius 1 is 0.903 bits per heavy atom. The Hall–Kier alpha value is -0.990. The number of hydrogen-bond donors (Lipinski definition) is 1. The number of methoxy groups -OCH3 is 2. The lowest BCUT2D eigenvalue weighted by atomic mass is 10.1. The normalized spacial score (nSPS) is 9.52. The van der Waals surface area contributed by atoms with Crippen molar-refractivity contribution in [3.05, 3.63) is 50.9 Å². The third-order valence-corrected chi connectivity index (χ3v) is 5.05. The molecule has 0 radical (unpaired) electrons. The first-order valence-corrected chi connectivity index (χ1v) is 11.9. The van der Waals surface area contributed by atoms with E-state index in [9.17, 15) is 9.59 Å². The highest BCUT2D eigenvalue weighted by Gasteiger charge is 2.08. The van der Waals surface area contributed by atoms with Crippen molar-refractivity contribution in [3.63, 3.8) is 0 Å². The summed E-state index contributed by atoms with van der Waals surface area (Å²) in [5.41, 5.74) is 7.11. The Bertz CT molecular complexity index is 838. The maximum absolute atomic E-state index is 11.4. The lowest BCUT2D eigenvalue weighted by Crippen LogP contribution is -2.04. The van der Waals surface area contributed by atoms with Gasteiger partial charge in [0.2, 0.25) is 5.24 Å². The summed E-state index contributed by atoms with van der Waals surface area (Å²) in [5.74, 6) is 2.26. The second kappa shape index (κ2) is 17.6. The molecule has 0 saturated carbocycles. The van der Waals surface area contributed by atoms with Crippen molar-refractivity contribution in [3.8, 4) is 11.5 Å². The van der Waals surface area contributed by atoms with Crippen LogP contribution in [0.5, 0.6) is 11.5 Å². The summed E-state index contributed by atoms with van der Waals surface area (Å²) < 4.78 is 12.1. The van der Waals surface area contributed by atoms with E-state index in [2.05, 4.69) is 31.9 Å². The van der Waals surface area contributed by atoms with Gasteiger partial charge in [0.1, 0.15) is 17.3 Å². The van der Waals surface area contributed by atoms with E-state index in [1.165, 1.54) is 0 Å². The summed E-state index contributed by atoms with van der Waals surface area (Å²) in [6.45, 7) is 0. The molecule has 0 aliphatic rings. The first-order chi connectivity index (χ1) is 14.7. The van der Waals surface area contributed by atoms with Gasteiger partial charge in [0, 0.05) is 45.5 Å². The highest BCUT2D eigenvalue weighted by Crippen LogP contribution is 2.25. The molecule has 2 aromatic rings. The summed E-state index contributed by atoms with van der Waals surface area (Å²) in [4.78, 5) is 21.1. The lowest BCUT2D eigenvalue weighted by molar-refractivity contribution is -0.118. The molecule has 2 aromatic carbocycles. The van der Waals surface area contributed by atoms with Crippen LogP contribution in [0, 0.1) is 0 Å². The molecule has 172 valence electrons. The van der Waals surface area contributed by atoms with Crippen molar-refractivity contribution in [1.82, 2.24) is 0 Å². The molecule has 0 saturated heterocycles. The summed E-state index contributed by atoms with van der Waals surface area (Å²) in [6, 6.07) is 11.1. The fourth-order valence-electron chi connectivity index (χ4n) is 2.03. The van der Waals surface area contributed by atoms with Gasteiger partial charge >= 0.3 is 0 Å². The Morgan fingerprint density at radius 2 is 1.42 bits per heavy atom. The number of ether oxygens (including phenoxy) is 2. The van der Waals surface area contributed by atoms with Gasteiger partial charge in [0.05, 0.1) is 19.9 Å². The summed E-state index contributed by atoms with van der Waals surface area (Å²) in [7, 11) is 3.19. The SMILES string of the molecule is COc1cc(Br)ccc1CC(=O)CCCl.COc1cc(Br)ccc1N.O=C(Cl)CCCl. The number of carbonyl (C=O) groups is 2. The van der Waals surface area contributed by atoms with E-state index in [0.29, 0.717) is 36.0 Å². The van der Waals surface area contributed by atoms with Crippen molar-refractivity contribution in [2.24, 2.45) is 0 Å². The summed E-state index contributed by atoms with van der Waals surface area (Å²) >= 11 is 22.1. The molecule has 0 aromatic heterocycles. The van der Waals surface area contributed by atoms with Crippen molar-refractivity contribution in [1.29, 1.82) is 0 Å². The molecule has 0 unspecified atom stereocenters. The number of nitrogens with two attached hydrogens (primary N) is 1. The predicted molar refractivity (Wildman–Crippen MR) is 136 cm³/mol. The van der Waals surface area contributed by atoms with E-state index >= 15 is 0 Å². The first kappa shape index (κ1) is 30.0. The Balaban J connectivity index is 0.000000484. The van der Waals surface area contributed by atoms with E-state index < -0.39 is 0 Å². The molecular formula is C21H24Br2Cl3NO4. The third-order valence-electron chi connectivity index (χ3n) is 3.50. The molecule has 0 aliphatic heterocycles. The molecular weight excluding hydrogens is 596 g/mol. The highest BCUT2D eigenvalue weighted by atomic mass is 79.9. The van der Waals surface area contributed by atoms with Gasteiger partial charge in [0.25, 0.3) is 0 Å². The number of hydrogen-bond acceptors (Lipinski definition) is 5. The Labute approximate surface area is 214 Å². The van der Waals surface area contributed by atoms with Gasteiger partial charge in [-0.15, -0.1) is 23.2 Å². The van der Waals surface area contributed by atoms with E-state index in [-0.39, 0.29) is 17.4 Å². The number of carbonyl (C=O) groups excluding carboxylic acids is 2. The van der Waals surface area contributed by atoms with Crippen LogP contribution in [0.4, 0.5) is 5.69 Å². The number of ketones is 1. The molecule has 2 N–H and O–H groups in total. The van der Waals surface area contributed by atoms with Crippen LogP contribution in [0.15, 0.2) is 45.3 Å². The first-order valence-electron chi connectivity index (χ1n) is 8.91. The monoisotopic (exact) mass is 617 g/mol. The largest absolute Gasteiger partial charge is 0.496 e. The van der Waals surface area contributed by atoms with Crippen LogP contribution in [-0.4, -0.2) is 37.0 Å².